The van der Waals surface area contributed by atoms with E-state index >= 15 is 0 Å². The number of benzene rings is 2. The number of anilines is 1. The number of unbranched alkanes of at least 4 members (excludes halogenated alkanes) is 1. The van der Waals surface area contributed by atoms with Crippen molar-refractivity contribution in [3.63, 3.8) is 0 Å². The first kappa shape index (κ1) is 21.5. The second kappa shape index (κ2) is 9.98. The Morgan fingerprint density at radius 2 is 1.85 bits per heavy atom. The zero-order valence-electron chi connectivity index (χ0n) is 15.7. The van der Waals surface area contributed by atoms with Gasteiger partial charge in [-0.2, -0.15) is 0 Å². The van der Waals surface area contributed by atoms with Crippen LogP contribution in [0.15, 0.2) is 48.5 Å². The largest absolute Gasteiger partial charge is 0.478 e. The molecule has 1 saturated heterocycles. The molecule has 0 radical (unpaired) electrons. The summed E-state index contributed by atoms with van der Waals surface area (Å²) in [7, 11) is 0. The molecule has 1 fully saturated rings. The number of β-lactam (4-membered cyclic amide) rings is 1. The van der Waals surface area contributed by atoms with E-state index in [1.807, 2.05) is 36.1 Å². The van der Waals surface area contributed by atoms with Crippen LogP contribution in [0.25, 0.3) is 0 Å². The number of para-hydroxylation sites is 1. The maximum Gasteiger partial charge on any atom is 0.270 e. The Balaban J connectivity index is 0.00000261. The summed E-state index contributed by atoms with van der Waals surface area (Å²) in [5.74, 6) is 0.660. The van der Waals surface area contributed by atoms with Crippen LogP contribution in [0.4, 0.5) is 5.69 Å². The molecule has 4 nitrogen and oxygen atoms in total. The molecule has 0 bridgehead atoms. The van der Waals surface area contributed by atoms with Gasteiger partial charge in [0.2, 0.25) is 0 Å². The van der Waals surface area contributed by atoms with Gasteiger partial charge in [0.25, 0.3) is 5.91 Å². The second-order valence-corrected chi connectivity index (χ2v) is 7.05. The van der Waals surface area contributed by atoms with Crippen molar-refractivity contribution in [1.29, 1.82) is 0 Å². The fraction of sp³-hybridized carbons (Fsp3) is 0.381. The Morgan fingerprint density at radius 3 is 2.52 bits per heavy atom. The minimum atomic E-state index is -0.482. The van der Waals surface area contributed by atoms with Crippen molar-refractivity contribution in [1.82, 2.24) is 5.32 Å². The number of amides is 1. The third-order valence-corrected chi connectivity index (χ3v) is 4.93. The van der Waals surface area contributed by atoms with E-state index in [2.05, 4.69) is 12.2 Å². The summed E-state index contributed by atoms with van der Waals surface area (Å²) in [6.07, 6.45) is 1.78. The van der Waals surface area contributed by atoms with E-state index in [1.54, 1.807) is 24.3 Å². The van der Waals surface area contributed by atoms with E-state index in [-0.39, 0.29) is 24.4 Å². The first-order valence-corrected chi connectivity index (χ1v) is 9.51. The average Bonchev–Trinajstić information content (AvgIpc) is 2.65. The number of rotatable bonds is 8. The van der Waals surface area contributed by atoms with Gasteiger partial charge in [-0.1, -0.05) is 43.1 Å². The third-order valence-electron chi connectivity index (χ3n) is 4.67. The number of hydrogen-bond acceptors (Lipinski definition) is 3. The van der Waals surface area contributed by atoms with Crippen molar-refractivity contribution < 1.29 is 9.53 Å². The van der Waals surface area contributed by atoms with Gasteiger partial charge in [-0.3, -0.25) is 4.79 Å². The molecule has 0 spiro atoms. The molecule has 2 unspecified atom stereocenters. The van der Waals surface area contributed by atoms with Gasteiger partial charge in [-0.05, 0) is 55.8 Å². The Morgan fingerprint density at radius 1 is 1.15 bits per heavy atom. The van der Waals surface area contributed by atoms with E-state index in [4.69, 9.17) is 16.3 Å². The predicted octanol–water partition coefficient (Wildman–Crippen LogP) is 4.62. The minimum Gasteiger partial charge on any atom is -0.478 e. The lowest BCUT2D eigenvalue weighted by molar-refractivity contribution is -0.134. The molecule has 1 aliphatic heterocycles. The van der Waals surface area contributed by atoms with Crippen LogP contribution in [0.1, 0.15) is 25.3 Å². The lowest BCUT2D eigenvalue weighted by Crippen LogP contribution is -2.70. The lowest BCUT2D eigenvalue weighted by atomic mass is 9.95. The van der Waals surface area contributed by atoms with Gasteiger partial charge >= 0.3 is 0 Å². The monoisotopic (exact) mass is 408 g/mol. The number of carbonyl (C=O) groups excluding carboxylic acids is 1. The molecule has 1 heterocycles. The Bertz CT molecular complexity index is 752. The van der Waals surface area contributed by atoms with Crippen molar-refractivity contribution >= 4 is 35.6 Å². The molecule has 27 heavy (non-hydrogen) atoms. The Labute approximate surface area is 172 Å². The van der Waals surface area contributed by atoms with Crippen molar-refractivity contribution in [3.8, 4) is 5.75 Å². The van der Waals surface area contributed by atoms with Gasteiger partial charge in [0.1, 0.15) is 5.75 Å². The topological polar surface area (TPSA) is 41.6 Å². The fourth-order valence-corrected chi connectivity index (χ4v) is 3.31. The summed E-state index contributed by atoms with van der Waals surface area (Å²) < 4.78 is 5.99. The number of nitrogens with one attached hydrogen (secondary N) is 1. The SMILES string of the molecule is CCCCNCC1C(Oc2ccc(Cl)cc2)C(=O)N1c1ccccc1C.Cl. The quantitative estimate of drug-likeness (QED) is 0.511. The molecule has 0 aliphatic carbocycles. The normalized spacial score (nSPS) is 18.6. The minimum absolute atomic E-state index is 0. The maximum atomic E-state index is 12.8. The molecule has 2 atom stereocenters. The smallest absolute Gasteiger partial charge is 0.270 e. The van der Waals surface area contributed by atoms with Crippen LogP contribution in [0.3, 0.4) is 0 Å². The van der Waals surface area contributed by atoms with Crippen LogP contribution >= 0.6 is 24.0 Å². The van der Waals surface area contributed by atoms with E-state index in [0.29, 0.717) is 17.3 Å². The molecule has 146 valence electrons. The van der Waals surface area contributed by atoms with Crippen LogP contribution in [0.5, 0.6) is 5.75 Å². The van der Waals surface area contributed by atoms with Gasteiger partial charge in [0.05, 0.1) is 6.04 Å². The number of ether oxygens (including phenoxy) is 1. The van der Waals surface area contributed by atoms with Crippen LogP contribution in [-0.2, 0) is 4.79 Å². The molecule has 0 saturated carbocycles. The number of carbonyl (C=O) groups is 1. The molecule has 3 rings (SSSR count). The molecule has 1 aliphatic rings. The Kier molecular flexibility index (Phi) is 7.96. The zero-order valence-corrected chi connectivity index (χ0v) is 17.2. The van der Waals surface area contributed by atoms with E-state index in [1.165, 1.54) is 0 Å². The van der Waals surface area contributed by atoms with Crippen molar-refractivity contribution in [3.05, 3.63) is 59.1 Å². The van der Waals surface area contributed by atoms with E-state index in [0.717, 1.165) is 30.6 Å². The van der Waals surface area contributed by atoms with Crippen LogP contribution in [0, 0.1) is 6.92 Å². The van der Waals surface area contributed by atoms with Crippen LogP contribution in [0.2, 0.25) is 5.02 Å². The van der Waals surface area contributed by atoms with Gasteiger partial charge in [0.15, 0.2) is 6.10 Å². The van der Waals surface area contributed by atoms with Crippen molar-refractivity contribution in [2.45, 2.75) is 38.8 Å². The highest BCUT2D eigenvalue weighted by Crippen LogP contribution is 2.33. The summed E-state index contributed by atoms with van der Waals surface area (Å²) >= 11 is 5.93. The molecular weight excluding hydrogens is 383 g/mol. The maximum absolute atomic E-state index is 12.8. The Hall–Kier alpha value is -1.75. The summed E-state index contributed by atoms with van der Waals surface area (Å²) in [6, 6.07) is 15.1. The van der Waals surface area contributed by atoms with Gasteiger partial charge in [-0.15, -0.1) is 12.4 Å². The first-order chi connectivity index (χ1) is 12.6. The highest BCUT2D eigenvalue weighted by Gasteiger charge is 2.50. The number of hydrogen-bond donors (Lipinski definition) is 1. The number of aryl methyl sites for hydroxylation is 1. The molecule has 6 heteroatoms. The molecule has 2 aromatic rings. The highest BCUT2D eigenvalue weighted by molar-refractivity contribution is 6.30. The van der Waals surface area contributed by atoms with Crippen LogP contribution < -0.4 is 15.0 Å². The van der Waals surface area contributed by atoms with Crippen molar-refractivity contribution in [2.75, 3.05) is 18.0 Å². The van der Waals surface area contributed by atoms with Crippen molar-refractivity contribution in [2.24, 2.45) is 0 Å². The van der Waals surface area contributed by atoms with E-state index in [9.17, 15) is 4.79 Å². The van der Waals surface area contributed by atoms with Gasteiger partial charge < -0.3 is 15.0 Å². The van der Waals surface area contributed by atoms with Gasteiger partial charge in [0, 0.05) is 17.3 Å². The fourth-order valence-electron chi connectivity index (χ4n) is 3.19. The summed E-state index contributed by atoms with van der Waals surface area (Å²) in [5.41, 5.74) is 2.04. The molecular formula is C21H26Cl2N2O2. The second-order valence-electron chi connectivity index (χ2n) is 6.61. The lowest BCUT2D eigenvalue weighted by Gasteiger charge is -2.47. The van der Waals surface area contributed by atoms with E-state index < -0.39 is 6.10 Å². The molecule has 1 amide bonds. The predicted molar refractivity (Wildman–Crippen MR) is 113 cm³/mol. The average molecular weight is 409 g/mol. The molecule has 2 aromatic carbocycles. The number of halogens is 2. The first-order valence-electron chi connectivity index (χ1n) is 9.13. The molecule has 0 aromatic heterocycles. The summed E-state index contributed by atoms with van der Waals surface area (Å²) in [5, 5.41) is 4.11. The zero-order chi connectivity index (χ0) is 18.5. The number of nitrogens with zero attached hydrogens (tertiary/aromatic N) is 1. The standard InChI is InChI=1S/C21H25ClN2O2.ClH/c1-3-4-13-23-14-19-20(26-17-11-9-16(22)10-12-17)21(25)24(19)18-8-6-5-7-15(18)2;/h5-12,19-20,23H,3-4,13-14H2,1-2H3;1H. The highest BCUT2D eigenvalue weighted by atomic mass is 35.5. The summed E-state index contributed by atoms with van der Waals surface area (Å²) in [6.45, 7) is 5.84. The molecule has 1 N–H and O–H groups in total. The van der Waals surface area contributed by atoms with Crippen LogP contribution in [-0.4, -0.2) is 31.1 Å². The van der Waals surface area contributed by atoms with Gasteiger partial charge in [-0.25, -0.2) is 0 Å². The summed E-state index contributed by atoms with van der Waals surface area (Å²) in [4.78, 5) is 14.7. The third kappa shape index (κ3) is 4.95.